The lowest BCUT2D eigenvalue weighted by Crippen LogP contribution is -2.71. The highest BCUT2D eigenvalue weighted by atomic mass is 16.5. The van der Waals surface area contributed by atoms with Gasteiger partial charge in [-0.25, -0.2) is 9.97 Å². The van der Waals surface area contributed by atoms with Crippen LogP contribution in [0.25, 0.3) is 22.2 Å². The third-order valence-corrected chi connectivity index (χ3v) is 7.52. The van der Waals surface area contributed by atoms with Gasteiger partial charge in [0.1, 0.15) is 12.0 Å². The van der Waals surface area contributed by atoms with Crippen LogP contribution in [0.3, 0.4) is 0 Å². The molecule has 0 bridgehead atoms. The number of nitrogens with one attached hydrogen (secondary N) is 2. The maximum absolute atomic E-state index is 10.3. The zero-order valence-electron chi connectivity index (χ0n) is 22.0. The molecule has 1 spiro atoms. The Labute approximate surface area is 222 Å². The zero-order valence-corrected chi connectivity index (χ0v) is 22.0. The standard InChI is InChI=1S/C29H33N7O2/c1-5-27(37)31-22-12-23(26(38-4)13-25(22)36-17-29(18-36)15-34(2)16-29)33-28-30-11-10-21(32-28)20-14-35(3)24-9-7-6-8-19(20)24/h5-14,27,31,37H,1,15-18H2,2-4H3,(H,30,32,33). The number of hydrogen-bond acceptors (Lipinski definition) is 8. The molecule has 4 aromatic rings. The first-order chi connectivity index (χ1) is 18.4. The molecular weight excluding hydrogens is 478 g/mol. The molecule has 4 heterocycles. The molecule has 2 aliphatic rings. The number of ether oxygens (including phenoxy) is 1. The summed E-state index contributed by atoms with van der Waals surface area (Å²) >= 11 is 0. The number of fused-ring (bicyclic) bond motifs is 1. The van der Waals surface area contributed by atoms with Gasteiger partial charge >= 0.3 is 0 Å². The van der Waals surface area contributed by atoms with Crippen molar-refractivity contribution in [2.75, 3.05) is 55.9 Å². The molecule has 196 valence electrons. The van der Waals surface area contributed by atoms with Crippen molar-refractivity contribution in [2.24, 2.45) is 12.5 Å². The summed E-state index contributed by atoms with van der Waals surface area (Å²) in [6.07, 6.45) is 4.43. The summed E-state index contributed by atoms with van der Waals surface area (Å²) in [6, 6.07) is 14.1. The number of likely N-dealkylation sites (tertiary alicyclic amines) is 1. The summed E-state index contributed by atoms with van der Waals surface area (Å²) in [5, 5.41) is 18.0. The topological polar surface area (TPSA) is 90.7 Å². The van der Waals surface area contributed by atoms with Gasteiger partial charge in [-0.3, -0.25) is 0 Å². The van der Waals surface area contributed by atoms with E-state index < -0.39 is 6.23 Å². The van der Waals surface area contributed by atoms with Crippen molar-refractivity contribution in [1.29, 1.82) is 0 Å². The van der Waals surface area contributed by atoms with Gasteiger partial charge in [0.25, 0.3) is 0 Å². The maximum Gasteiger partial charge on any atom is 0.227 e. The average molecular weight is 512 g/mol. The third-order valence-electron chi connectivity index (χ3n) is 7.52. The fourth-order valence-electron chi connectivity index (χ4n) is 5.90. The van der Waals surface area contributed by atoms with Gasteiger partial charge in [0, 0.05) is 73.6 Å². The molecule has 2 fully saturated rings. The van der Waals surface area contributed by atoms with Crippen LogP contribution >= 0.6 is 0 Å². The molecule has 3 N–H and O–H groups in total. The number of para-hydroxylation sites is 1. The van der Waals surface area contributed by atoms with E-state index in [0.29, 0.717) is 22.8 Å². The Morgan fingerprint density at radius 2 is 1.89 bits per heavy atom. The summed E-state index contributed by atoms with van der Waals surface area (Å²) in [7, 11) is 5.85. The van der Waals surface area contributed by atoms with Gasteiger partial charge in [0.15, 0.2) is 0 Å². The Hall–Kier alpha value is -4.08. The molecule has 9 heteroatoms. The van der Waals surface area contributed by atoms with Crippen LogP contribution in [0.2, 0.25) is 0 Å². The monoisotopic (exact) mass is 511 g/mol. The van der Waals surface area contributed by atoms with E-state index in [2.05, 4.69) is 61.9 Å². The lowest BCUT2D eigenvalue weighted by molar-refractivity contribution is -0.00234. The fraction of sp³-hybridized carbons (Fsp3) is 0.310. The van der Waals surface area contributed by atoms with Crippen LogP contribution in [0.4, 0.5) is 23.0 Å². The maximum atomic E-state index is 10.3. The van der Waals surface area contributed by atoms with Crippen molar-refractivity contribution < 1.29 is 9.84 Å². The Morgan fingerprint density at radius 1 is 1.11 bits per heavy atom. The number of aliphatic hydroxyl groups excluding tert-OH is 1. The first-order valence-electron chi connectivity index (χ1n) is 12.8. The Kier molecular flexibility index (Phi) is 5.97. The first kappa shape index (κ1) is 24.3. The van der Waals surface area contributed by atoms with E-state index in [0.717, 1.165) is 59.7 Å². The number of rotatable bonds is 8. The van der Waals surface area contributed by atoms with Crippen LogP contribution in [0.5, 0.6) is 5.75 Å². The van der Waals surface area contributed by atoms with Crippen molar-refractivity contribution in [3.63, 3.8) is 0 Å². The summed E-state index contributed by atoms with van der Waals surface area (Å²) < 4.78 is 7.88. The second kappa shape index (κ2) is 9.34. The number of aliphatic hydroxyl groups is 1. The zero-order chi connectivity index (χ0) is 26.4. The van der Waals surface area contributed by atoms with Gasteiger partial charge in [0.05, 0.1) is 29.9 Å². The van der Waals surface area contributed by atoms with Crippen LogP contribution < -0.4 is 20.3 Å². The summed E-state index contributed by atoms with van der Waals surface area (Å²) in [6.45, 7) is 7.89. The van der Waals surface area contributed by atoms with Crippen LogP contribution in [-0.4, -0.2) is 71.1 Å². The van der Waals surface area contributed by atoms with Crippen molar-refractivity contribution in [1.82, 2.24) is 19.4 Å². The van der Waals surface area contributed by atoms with Gasteiger partial charge in [-0.2, -0.15) is 0 Å². The molecule has 2 aromatic carbocycles. The average Bonchev–Trinajstić information content (AvgIpc) is 3.22. The Bertz CT molecular complexity index is 1500. The SMILES string of the molecule is C=CC(O)Nc1cc(Nc2nccc(-c3cn(C)c4ccccc34)n2)c(OC)cc1N1CC2(CN(C)C2)C1. The molecular formula is C29H33N7O2. The van der Waals surface area contributed by atoms with E-state index in [-0.39, 0.29) is 0 Å². The van der Waals surface area contributed by atoms with Gasteiger partial charge in [0.2, 0.25) is 5.95 Å². The molecule has 0 amide bonds. The van der Waals surface area contributed by atoms with Crippen LogP contribution in [0.15, 0.2) is 67.5 Å². The molecule has 38 heavy (non-hydrogen) atoms. The van der Waals surface area contributed by atoms with Gasteiger partial charge < -0.3 is 34.8 Å². The van der Waals surface area contributed by atoms with Crippen LogP contribution in [-0.2, 0) is 7.05 Å². The number of anilines is 4. The van der Waals surface area contributed by atoms with Gasteiger partial charge in [-0.15, -0.1) is 0 Å². The minimum atomic E-state index is -0.883. The van der Waals surface area contributed by atoms with E-state index in [4.69, 9.17) is 9.72 Å². The quantitative estimate of drug-likeness (QED) is 0.241. The normalized spacial score (nSPS) is 17.1. The van der Waals surface area contributed by atoms with E-state index in [1.54, 1.807) is 13.3 Å². The minimum absolute atomic E-state index is 0.364. The van der Waals surface area contributed by atoms with Gasteiger partial charge in [-0.1, -0.05) is 24.8 Å². The molecule has 6 rings (SSSR count). The van der Waals surface area contributed by atoms with Crippen molar-refractivity contribution in [3.8, 4) is 17.0 Å². The molecule has 2 aromatic heterocycles. The second-order valence-corrected chi connectivity index (χ2v) is 10.5. The molecule has 0 aliphatic carbocycles. The van der Waals surface area contributed by atoms with E-state index >= 15 is 0 Å². The van der Waals surface area contributed by atoms with Gasteiger partial charge in [-0.05, 0) is 31.3 Å². The predicted octanol–water partition coefficient (Wildman–Crippen LogP) is 4.06. The van der Waals surface area contributed by atoms with E-state index in [9.17, 15) is 5.11 Å². The molecule has 0 radical (unpaired) electrons. The molecule has 1 atom stereocenters. The Balaban J connectivity index is 1.32. The molecule has 2 aliphatic heterocycles. The number of nitrogens with zero attached hydrogens (tertiary/aromatic N) is 5. The molecule has 2 saturated heterocycles. The first-order valence-corrected chi connectivity index (χ1v) is 12.8. The predicted molar refractivity (Wildman–Crippen MR) is 152 cm³/mol. The van der Waals surface area contributed by atoms with Crippen molar-refractivity contribution >= 4 is 33.9 Å². The highest BCUT2D eigenvalue weighted by molar-refractivity contribution is 5.95. The highest BCUT2D eigenvalue weighted by Crippen LogP contribution is 2.46. The number of benzene rings is 2. The summed E-state index contributed by atoms with van der Waals surface area (Å²) in [4.78, 5) is 14.0. The van der Waals surface area contributed by atoms with E-state index in [1.165, 1.54) is 6.08 Å². The third kappa shape index (κ3) is 4.23. The lowest BCUT2D eigenvalue weighted by Gasteiger charge is -2.60. The lowest BCUT2D eigenvalue weighted by atomic mass is 9.73. The van der Waals surface area contributed by atoms with E-state index in [1.807, 2.05) is 37.4 Å². The molecule has 9 nitrogen and oxygen atoms in total. The number of hydrogen-bond donors (Lipinski definition) is 3. The fourth-order valence-corrected chi connectivity index (χ4v) is 5.90. The number of methoxy groups -OCH3 is 1. The molecule has 1 unspecified atom stereocenters. The smallest absolute Gasteiger partial charge is 0.227 e. The van der Waals surface area contributed by atoms with Crippen molar-refractivity contribution in [3.05, 3.63) is 67.5 Å². The molecule has 0 saturated carbocycles. The van der Waals surface area contributed by atoms with Crippen LogP contribution in [0.1, 0.15) is 0 Å². The summed E-state index contributed by atoms with van der Waals surface area (Å²) in [5.41, 5.74) is 5.84. The highest BCUT2D eigenvalue weighted by Gasteiger charge is 2.50. The second-order valence-electron chi connectivity index (χ2n) is 10.5. The van der Waals surface area contributed by atoms with Crippen molar-refractivity contribution in [2.45, 2.75) is 6.23 Å². The Morgan fingerprint density at radius 3 is 2.63 bits per heavy atom. The summed E-state index contributed by atoms with van der Waals surface area (Å²) in [5.74, 6) is 1.13. The number of aromatic nitrogens is 3. The number of aryl methyl sites for hydroxylation is 1. The van der Waals surface area contributed by atoms with Crippen LogP contribution in [0, 0.1) is 5.41 Å². The largest absolute Gasteiger partial charge is 0.494 e. The minimum Gasteiger partial charge on any atom is -0.494 e.